The van der Waals surface area contributed by atoms with Gasteiger partial charge in [0, 0.05) is 11.6 Å². The van der Waals surface area contributed by atoms with E-state index in [1.54, 1.807) is 0 Å². The highest BCUT2D eigenvalue weighted by Crippen LogP contribution is 2.39. The molecule has 1 atom stereocenters. The second-order valence-electron chi connectivity index (χ2n) is 4.38. The van der Waals surface area contributed by atoms with Gasteiger partial charge in [-0.15, -0.1) is 11.3 Å². The van der Waals surface area contributed by atoms with Crippen LogP contribution in [0.25, 0.3) is 0 Å². The molecule has 5 heteroatoms. The van der Waals surface area contributed by atoms with E-state index in [9.17, 15) is 0 Å². The van der Waals surface area contributed by atoms with Crippen LogP contribution in [0.3, 0.4) is 0 Å². The summed E-state index contributed by atoms with van der Waals surface area (Å²) < 4.78 is 1.48. The average molecular weight is 279 g/mol. The Morgan fingerprint density at radius 2 is 2.12 bits per heavy atom. The van der Waals surface area contributed by atoms with Gasteiger partial charge in [0.2, 0.25) is 0 Å². The van der Waals surface area contributed by atoms with Gasteiger partial charge in [0.25, 0.3) is 0 Å². The smallest absolute Gasteiger partial charge is 0.0992 e. The average Bonchev–Trinajstić information content (AvgIpc) is 2.85. The Hall–Kier alpha value is 0.200. The molecule has 0 amide bonds. The Labute approximate surface area is 110 Å². The van der Waals surface area contributed by atoms with Crippen LogP contribution < -0.4 is 11.3 Å². The molecule has 1 aromatic rings. The first kappa shape index (κ1) is 12.7. The quantitative estimate of drug-likeness (QED) is 0.642. The van der Waals surface area contributed by atoms with Crippen molar-refractivity contribution >= 4 is 34.5 Å². The molecule has 1 heterocycles. The Bertz CT molecular complexity index is 348. The summed E-state index contributed by atoms with van der Waals surface area (Å²) in [5, 5.41) is 0. The van der Waals surface area contributed by atoms with Crippen molar-refractivity contribution in [1.29, 1.82) is 0 Å². The van der Waals surface area contributed by atoms with E-state index in [0.29, 0.717) is 0 Å². The first-order chi connectivity index (χ1) is 7.70. The minimum Gasteiger partial charge on any atom is -0.271 e. The van der Waals surface area contributed by atoms with Gasteiger partial charge in [0.15, 0.2) is 0 Å². The molecule has 2 rings (SSSR count). The SMILES string of the molecule is NNC(CC1CCCC1)c1cc(Cl)sc1Cl. The molecular weight excluding hydrogens is 263 g/mol. The zero-order valence-electron chi connectivity index (χ0n) is 9.01. The van der Waals surface area contributed by atoms with Crippen molar-refractivity contribution in [3.63, 3.8) is 0 Å². The van der Waals surface area contributed by atoms with Crippen LogP contribution in [-0.2, 0) is 0 Å². The predicted octanol–water partition coefficient (Wildman–Crippen LogP) is 4.14. The molecule has 1 aromatic heterocycles. The van der Waals surface area contributed by atoms with Gasteiger partial charge in [-0.2, -0.15) is 0 Å². The number of thiophene rings is 1. The highest BCUT2D eigenvalue weighted by molar-refractivity contribution is 7.20. The molecule has 90 valence electrons. The lowest BCUT2D eigenvalue weighted by atomic mass is 9.95. The highest BCUT2D eigenvalue weighted by atomic mass is 35.5. The van der Waals surface area contributed by atoms with E-state index in [1.165, 1.54) is 37.0 Å². The maximum absolute atomic E-state index is 6.14. The number of nitrogens with one attached hydrogen (secondary N) is 1. The van der Waals surface area contributed by atoms with Gasteiger partial charge < -0.3 is 0 Å². The molecular formula is C11H16Cl2N2S. The molecule has 0 aromatic carbocycles. The van der Waals surface area contributed by atoms with Crippen molar-refractivity contribution in [2.24, 2.45) is 11.8 Å². The van der Waals surface area contributed by atoms with Gasteiger partial charge in [-0.25, -0.2) is 0 Å². The van der Waals surface area contributed by atoms with Crippen LogP contribution in [0.1, 0.15) is 43.7 Å². The Morgan fingerprint density at radius 1 is 1.44 bits per heavy atom. The fourth-order valence-corrected chi connectivity index (χ4v) is 4.03. The summed E-state index contributed by atoms with van der Waals surface area (Å²) in [4.78, 5) is 0. The van der Waals surface area contributed by atoms with E-state index in [-0.39, 0.29) is 6.04 Å². The van der Waals surface area contributed by atoms with Crippen LogP contribution in [0.4, 0.5) is 0 Å². The summed E-state index contributed by atoms with van der Waals surface area (Å²) in [6.07, 6.45) is 6.38. The molecule has 1 unspecified atom stereocenters. The molecule has 0 radical (unpaired) electrons. The van der Waals surface area contributed by atoms with Crippen molar-refractivity contribution in [2.75, 3.05) is 0 Å². The number of rotatable bonds is 4. The molecule has 1 aliphatic carbocycles. The molecule has 0 saturated heterocycles. The third-order valence-corrected chi connectivity index (χ3v) is 4.82. The van der Waals surface area contributed by atoms with E-state index in [0.717, 1.165) is 26.6 Å². The van der Waals surface area contributed by atoms with Crippen molar-refractivity contribution in [3.05, 3.63) is 20.3 Å². The zero-order chi connectivity index (χ0) is 11.5. The van der Waals surface area contributed by atoms with E-state index < -0.39 is 0 Å². The van der Waals surface area contributed by atoms with Crippen LogP contribution >= 0.6 is 34.5 Å². The lowest BCUT2D eigenvalue weighted by molar-refractivity contribution is 0.401. The lowest BCUT2D eigenvalue weighted by Crippen LogP contribution is -2.29. The Balaban J connectivity index is 2.06. The number of hydrogen-bond acceptors (Lipinski definition) is 3. The molecule has 1 saturated carbocycles. The molecule has 0 spiro atoms. The summed E-state index contributed by atoms with van der Waals surface area (Å²) in [5.41, 5.74) is 3.91. The van der Waals surface area contributed by atoms with Crippen LogP contribution in [0.5, 0.6) is 0 Å². The van der Waals surface area contributed by atoms with E-state index in [1.807, 2.05) is 6.07 Å². The normalized spacial score (nSPS) is 19.2. The molecule has 16 heavy (non-hydrogen) atoms. The molecule has 1 aliphatic rings. The molecule has 1 fully saturated rings. The summed E-state index contributed by atoms with van der Waals surface area (Å²) in [7, 11) is 0. The second kappa shape index (κ2) is 5.69. The van der Waals surface area contributed by atoms with E-state index in [2.05, 4.69) is 5.43 Å². The zero-order valence-corrected chi connectivity index (χ0v) is 11.3. The topological polar surface area (TPSA) is 38.0 Å². The maximum Gasteiger partial charge on any atom is 0.0992 e. The Morgan fingerprint density at radius 3 is 2.62 bits per heavy atom. The first-order valence-electron chi connectivity index (χ1n) is 5.61. The highest BCUT2D eigenvalue weighted by Gasteiger charge is 2.23. The molecule has 3 N–H and O–H groups in total. The number of hydrazine groups is 1. The lowest BCUT2D eigenvalue weighted by Gasteiger charge is -2.19. The van der Waals surface area contributed by atoms with E-state index in [4.69, 9.17) is 29.0 Å². The van der Waals surface area contributed by atoms with Gasteiger partial charge in [0.1, 0.15) is 0 Å². The summed E-state index contributed by atoms with van der Waals surface area (Å²) in [5.74, 6) is 6.39. The van der Waals surface area contributed by atoms with Crippen molar-refractivity contribution in [1.82, 2.24) is 5.43 Å². The van der Waals surface area contributed by atoms with Gasteiger partial charge in [0.05, 0.1) is 8.67 Å². The maximum atomic E-state index is 6.14. The van der Waals surface area contributed by atoms with Gasteiger partial charge in [-0.3, -0.25) is 11.3 Å². The number of nitrogens with two attached hydrogens (primary N) is 1. The third kappa shape index (κ3) is 2.90. The molecule has 2 nitrogen and oxygen atoms in total. The van der Waals surface area contributed by atoms with Crippen molar-refractivity contribution in [3.8, 4) is 0 Å². The first-order valence-corrected chi connectivity index (χ1v) is 7.19. The minimum absolute atomic E-state index is 0.138. The van der Waals surface area contributed by atoms with Crippen LogP contribution in [0.2, 0.25) is 8.67 Å². The number of hydrogen-bond donors (Lipinski definition) is 2. The second-order valence-corrected chi connectivity index (χ2v) is 6.67. The molecule has 0 bridgehead atoms. The predicted molar refractivity (Wildman–Crippen MR) is 71.0 cm³/mol. The third-order valence-electron chi connectivity index (χ3n) is 3.30. The standard InChI is InChI=1S/C11H16Cl2N2S/c12-10-6-8(11(13)16-10)9(15-14)5-7-3-1-2-4-7/h6-7,9,15H,1-5,14H2. The van der Waals surface area contributed by atoms with Crippen LogP contribution in [0, 0.1) is 5.92 Å². The van der Waals surface area contributed by atoms with Gasteiger partial charge >= 0.3 is 0 Å². The van der Waals surface area contributed by atoms with E-state index >= 15 is 0 Å². The minimum atomic E-state index is 0.138. The van der Waals surface area contributed by atoms with Gasteiger partial charge in [-0.05, 0) is 18.4 Å². The number of halogens is 2. The van der Waals surface area contributed by atoms with Crippen LogP contribution in [0.15, 0.2) is 6.07 Å². The van der Waals surface area contributed by atoms with Crippen LogP contribution in [-0.4, -0.2) is 0 Å². The van der Waals surface area contributed by atoms with Crippen molar-refractivity contribution in [2.45, 2.75) is 38.1 Å². The Kier molecular flexibility index (Phi) is 4.50. The fourth-order valence-electron chi connectivity index (χ4n) is 2.45. The largest absolute Gasteiger partial charge is 0.271 e. The molecule has 0 aliphatic heterocycles. The van der Waals surface area contributed by atoms with Crippen molar-refractivity contribution < 1.29 is 0 Å². The fraction of sp³-hybridized carbons (Fsp3) is 0.636. The van der Waals surface area contributed by atoms with Gasteiger partial charge in [-0.1, -0.05) is 48.9 Å². The summed E-state index contributed by atoms with van der Waals surface area (Å²) >= 11 is 13.5. The monoisotopic (exact) mass is 278 g/mol. The summed E-state index contributed by atoms with van der Waals surface area (Å²) in [6, 6.07) is 2.06. The summed E-state index contributed by atoms with van der Waals surface area (Å²) in [6.45, 7) is 0.